The monoisotopic (exact) mass is 257 g/mol. The minimum Gasteiger partial charge on any atom is -0.490 e. The number of hydrogen-bond acceptors (Lipinski definition) is 5. The van der Waals surface area contributed by atoms with Gasteiger partial charge in [-0.25, -0.2) is 0 Å². The van der Waals surface area contributed by atoms with Gasteiger partial charge < -0.3 is 15.8 Å². The summed E-state index contributed by atoms with van der Waals surface area (Å²) in [4.78, 5) is 0. The molecule has 0 spiro atoms. The highest BCUT2D eigenvalue weighted by Gasteiger charge is 2.13. The van der Waals surface area contributed by atoms with Gasteiger partial charge in [-0.3, -0.25) is 0 Å². The van der Waals surface area contributed by atoms with Crippen LogP contribution in [0.3, 0.4) is 0 Å². The standard InChI is InChI=1S/C12H23N3OS/c1-4-6-7-9(5-2)8-14-12-10(16-3)11(13)15-17-12/h9,14H,4-8H2,1-3H3,(H2,13,15). The number of methoxy groups -OCH3 is 1. The Bertz CT molecular complexity index is 328. The Morgan fingerprint density at radius 3 is 2.82 bits per heavy atom. The predicted molar refractivity (Wildman–Crippen MR) is 74.9 cm³/mol. The van der Waals surface area contributed by atoms with Crippen molar-refractivity contribution < 1.29 is 4.74 Å². The first-order chi connectivity index (χ1) is 8.22. The van der Waals surface area contributed by atoms with E-state index in [1.807, 2.05) is 0 Å². The molecule has 1 rings (SSSR count). The van der Waals surface area contributed by atoms with Crippen molar-refractivity contribution in [2.75, 3.05) is 24.7 Å². The van der Waals surface area contributed by atoms with Crippen LogP contribution in [0.2, 0.25) is 0 Å². The summed E-state index contributed by atoms with van der Waals surface area (Å²) in [6.45, 7) is 5.43. The second kappa shape index (κ2) is 7.37. The van der Waals surface area contributed by atoms with Crippen molar-refractivity contribution >= 4 is 22.4 Å². The second-order valence-corrected chi connectivity index (χ2v) is 5.00. The number of nitrogen functional groups attached to an aromatic ring is 1. The van der Waals surface area contributed by atoms with E-state index in [0.717, 1.165) is 11.5 Å². The maximum Gasteiger partial charge on any atom is 0.197 e. The van der Waals surface area contributed by atoms with E-state index >= 15 is 0 Å². The summed E-state index contributed by atoms with van der Waals surface area (Å²) >= 11 is 1.37. The van der Waals surface area contributed by atoms with Crippen LogP contribution in [0.1, 0.15) is 39.5 Å². The SMILES string of the molecule is CCCCC(CC)CNc1snc(N)c1OC. The molecule has 0 radical (unpaired) electrons. The van der Waals surface area contributed by atoms with Gasteiger partial charge in [0, 0.05) is 6.54 Å². The Kier molecular flexibility index (Phi) is 6.11. The summed E-state index contributed by atoms with van der Waals surface area (Å²) in [7, 11) is 1.62. The van der Waals surface area contributed by atoms with Gasteiger partial charge in [-0.2, -0.15) is 4.37 Å². The Morgan fingerprint density at radius 2 is 2.24 bits per heavy atom. The van der Waals surface area contributed by atoms with Crippen LogP contribution in [-0.2, 0) is 0 Å². The fourth-order valence-electron chi connectivity index (χ4n) is 1.78. The zero-order valence-corrected chi connectivity index (χ0v) is 11.8. The summed E-state index contributed by atoms with van der Waals surface area (Å²) < 4.78 is 9.31. The van der Waals surface area contributed by atoms with Crippen LogP contribution in [0.5, 0.6) is 5.75 Å². The summed E-state index contributed by atoms with van der Waals surface area (Å²) in [6.07, 6.45) is 5.02. The fraction of sp³-hybridized carbons (Fsp3) is 0.750. The molecule has 5 heteroatoms. The summed E-state index contributed by atoms with van der Waals surface area (Å²) in [5.41, 5.74) is 5.71. The molecule has 0 aliphatic heterocycles. The highest BCUT2D eigenvalue weighted by Crippen LogP contribution is 2.34. The second-order valence-electron chi connectivity index (χ2n) is 4.23. The third kappa shape index (κ3) is 4.07. The number of ether oxygens (including phenoxy) is 1. The molecule has 1 unspecified atom stereocenters. The van der Waals surface area contributed by atoms with Crippen molar-refractivity contribution in [3.63, 3.8) is 0 Å². The number of nitrogens with zero attached hydrogens (tertiary/aromatic N) is 1. The molecule has 0 bridgehead atoms. The molecule has 98 valence electrons. The molecular weight excluding hydrogens is 234 g/mol. The zero-order valence-electron chi connectivity index (χ0n) is 11.0. The highest BCUT2D eigenvalue weighted by atomic mass is 32.1. The van der Waals surface area contributed by atoms with Gasteiger partial charge in [0.15, 0.2) is 16.6 Å². The summed E-state index contributed by atoms with van der Waals surface area (Å²) in [6, 6.07) is 0. The Labute approximate surface area is 108 Å². The minimum absolute atomic E-state index is 0.474. The molecule has 1 atom stereocenters. The predicted octanol–water partition coefficient (Wildman–Crippen LogP) is 3.36. The third-order valence-electron chi connectivity index (χ3n) is 2.97. The Morgan fingerprint density at radius 1 is 1.47 bits per heavy atom. The van der Waals surface area contributed by atoms with Gasteiger partial charge in [-0.1, -0.05) is 33.1 Å². The van der Waals surface area contributed by atoms with E-state index in [4.69, 9.17) is 10.5 Å². The normalized spacial score (nSPS) is 12.4. The van der Waals surface area contributed by atoms with Gasteiger partial charge in [0.1, 0.15) is 0 Å². The molecule has 4 nitrogen and oxygen atoms in total. The topological polar surface area (TPSA) is 60.2 Å². The fourth-order valence-corrected chi connectivity index (χ4v) is 2.48. The minimum atomic E-state index is 0.474. The maximum atomic E-state index is 5.71. The third-order valence-corrected chi connectivity index (χ3v) is 3.77. The lowest BCUT2D eigenvalue weighted by Crippen LogP contribution is -2.13. The molecule has 3 N–H and O–H groups in total. The molecule has 0 aromatic carbocycles. The first-order valence-corrected chi connectivity index (χ1v) is 7.03. The number of unbranched alkanes of at least 4 members (excludes halogenated alkanes) is 1. The molecule has 0 aliphatic carbocycles. The van der Waals surface area contributed by atoms with Gasteiger partial charge in [0.05, 0.1) is 7.11 Å². The lowest BCUT2D eigenvalue weighted by Gasteiger charge is -2.15. The van der Waals surface area contributed by atoms with Crippen LogP contribution in [0, 0.1) is 5.92 Å². The molecule has 1 aromatic heterocycles. The molecule has 0 aliphatic rings. The number of rotatable bonds is 8. The van der Waals surface area contributed by atoms with Gasteiger partial charge in [-0.05, 0) is 23.9 Å². The van der Waals surface area contributed by atoms with Gasteiger partial charge in [0.2, 0.25) is 0 Å². The lowest BCUT2D eigenvalue weighted by molar-refractivity contribution is 0.418. The van der Waals surface area contributed by atoms with Crippen molar-refractivity contribution in [2.24, 2.45) is 5.92 Å². The highest BCUT2D eigenvalue weighted by molar-refractivity contribution is 7.11. The number of anilines is 2. The van der Waals surface area contributed by atoms with E-state index < -0.39 is 0 Å². The first kappa shape index (κ1) is 14.1. The summed E-state index contributed by atoms with van der Waals surface area (Å²) in [5.74, 6) is 1.87. The molecule has 1 heterocycles. The Balaban J connectivity index is 2.47. The molecule has 1 aromatic rings. The summed E-state index contributed by atoms with van der Waals surface area (Å²) in [5, 5.41) is 4.34. The smallest absolute Gasteiger partial charge is 0.197 e. The number of nitrogens with one attached hydrogen (secondary N) is 1. The van der Waals surface area contributed by atoms with Crippen molar-refractivity contribution in [1.29, 1.82) is 0 Å². The van der Waals surface area contributed by atoms with Crippen LogP contribution in [0.15, 0.2) is 0 Å². The van der Waals surface area contributed by atoms with E-state index in [1.54, 1.807) is 7.11 Å². The molecule has 0 saturated carbocycles. The lowest BCUT2D eigenvalue weighted by atomic mass is 9.99. The molecular formula is C12H23N3OS. The molecule has 17 heavy (non-hydrogen) atoms. The largest absolute Gasteiger partial charge is 0.490 e. The van der Waals surface area contributed by atoms with Gasteiger partial charge in [0.25, 0.3) is 0 Å². The average Bonchev–Trinajstić information content (AvgIpc) is 2.70. The average molecular weight is 257 g/mol. The number of aromatic nitrogens is 1. The number of nitrogens with two attached hydrogens (primary N) is 1. The number of hydrogen-bond donors (Lipinski definition) is 2. The zero-order chi connectivity index (χ0) is 12.7. The van der Waals surface area contributed by atoms with Crippen LogP contribution in [0.4, 0.5) is 10.8 Å². The van der Waals surface area contributed by atoms with Crippen molar-refractivity contribution in [3.05, 3.63) is 0 Å². The van der Waals surface area contributed by atoms with Crippen LogP contribution in [0.25, 0.3) is 0 Å². The van der Waals surface area contributed by atoms with Crippen LogP contribution < -0.4 is 15.8 Å². The van der Waals surface area contributed by atoms with Crippen molar-refractivity contribution in [1.82, 2.24) is 4.37 Å². The van der Waals surface area contributed by atoms with Gasteiger partial charge in [-0.15, -0.1) is 0 Å². The molecule has 0 saturated heterocycles. The van der Waals surface area contributed by atoms with Crippen molar-refractivity contribution in [3.8, 4) is 5.75 Å². The van der Waals surface area contributed by atoms with Crippen molar-refractivity contribution in [2.45, 2.75) is 39.5 Å². The molecule has 0 amide bonds. The molecule has 0 fully saturated rings. The van der Waals surface area contributed by atoms with E-state index in [2.05, 4.69) is 23.5 Å². The quantitative estimate of drug-likeness (QED) is 0.749. The maximum absolute atomic E-state index is 5.71. The van der Waals surface area contributed by atoms with Crippen LogP contribution >= 0.6 is 11.5 Å². The van der Waals surface area contributed by atoms with E-state index in [0.29, 0.717) is 17.5 Å². The van der Waals surface area contributed by atoms with Gasteiger partial charge >= 0.3 is 0 Å². The van der Waals surface area contributed by atoms with E-state index in [1.165, 1.54) is 37.2 Å². The Hall–Kier alpha value is -0.970. The first-order valence-electron chi connectivity index (χ1n) is 6.25. The van der Waals surface area contributed by atoms with Crippen LogP contribution in [-0.4, -0.2) is 18.0 Å². The van der Waals surface area contributed by atoms with E-state index in [-0.39, 0.29) is 0 Å². The van der Waals surface area contributed by atoms with E-state index in [9.17, 15) is 0 Å².